The lowest BCUT2D eigenvalue weighted by Gasteiger charge is -2.19. The van der Waals surface area contributed by atoms with E-state index < -0.39 is 0 Å². The first kappa shape index (κ1) is 13.3. The quantitative estimate of drug-likeness (QED) is 0.874. The Kier molecular flexibility index (Phi) is 3.31. The van der Waals surface area contributed by atoms with E-state index in [0.29, 0.717) is 5.84 Å². The summed E-state index contributed by atoms with van der Waals surface area (Å²) in [6, 6.07) is 1.55. The van der Waals surface area contributed by atoms with Crippen molar-refractivity contribution in [2.24, 2.45) is 21.6 Å². The fourth-order valence-corrected chi connectivity index (χ4v) is 3.09. The number of aliphatic imine (C=N–C) groups is 2. The van der Waals surface area contributed by atoms with Crippen LogP contribution >= 0.6 is 11.8 Å². The Morgan fingerprint density at radius 3 is 2.85 bits per heavy atom. The van der Waals surface area contributed by atoms with Gasteiger partial charge in [0.05, 0.1) is 17.4 Å². The van der Waals surface area contributed by atoms with Gasteiger partial charge in [-0.3, -0.25) is 9.89 Å². The van der Waals surface area contributed by atoms with E-state index in [-0.39, 0.29) is 23.1 Å². The second-order valence-corrected chi connectivity index (χ2v) is 6.24. The van der Waals surface area contributed by atoms with Crippen molar-refractivity contribution in [2.75, 3.05) is 0 Å². The molecule has 1 unspecified atom stereocenters. The number of rotatable bonds is 3. The molecule has 0 saturated heterocycles. The van der Waals surface area contributed by atoms with Crippen LogP contribution in [-0.4, -0.2) is 38.9 Å². The molecule has 0 saturated carbocycles. The van der Waals surface area contributed by atoms with Gasteiger partial charge in [-0.15, -0.1) is 11.8 Å². The number of amidine groups is 1. The summed E-state index contributed by atoms with van der Waals surface area (Å²) >= 11 is 1.44. The highest BCUT2D eigenvalue weighted by Crippen LogP contribution is 2.38. The maximum atomic E-state index is 12.1. The van der Waals surface area contributed by atoms with Gasteiger partial charge in [0, 0.05) is 11.1 Å². The Labute approximate surface area is 120 Å². The van der Waals surface area contributed by atoms with Crippen LogP contribution < -0.4 is 5.73 Å². The lowest BCUT2D eigenvalue weighted by molar-refractivity contribution is -0.116. The van der Waals surface area contributed by atoms with Gasteiger partial charge in [-0.1, -0.05) is 13.8 Å². The molecule has 1 aromatic heterocycles. The van der Waals surface area contributed by atoms with Crippen LogP contribution in [0, 0.1) is 5.92 Å². The summed E-state index contributed by atoms with van der Waals surface area (Å²) in [6.45, 7) is 3.97. The molecule has 0 fully saturated rings. The van der Waals surface area contributed by atoms with E-state index in [2.05, 4.69) is 20.2 Å². The first-order chi connectivity index (χ1) is 9.56. The molecule has 2 atom stereocenters. The number of carbonyl (C=O) groups is 1. The predicted octanol–water partition coefficient (Wildman–Crippen LogP) is 1.23. The molecule has 0 aromatic carbocycles. The number of aromatic nitrogens is 2. The number of allylic oxidation sites excluding steroid dienone is 1. The zero-order valence-corrected chi connectivity index (χ0v) is 12.0. The van der Waals surface area contributed by atoms with Crippen molar-refractivity contribution in [1.29, 1.82) is 0 Å². The summed E-state index contributed by atoms with van der Waals surface area (Å²) in [5.41, 5.74) is 7.64. The number of fused-ring (bicyclic) bond motifs is 1. The Balaban J connectivity index is 1.92. The smallest absolute Gasteiger partial charge is 0.267 e. The predicted molar refractivity (Wildman–Crippen MR) is 80.6 cm³/mol. The molecule has 3 rings (SSSR count). The summed E-state index contributed by atoms with van der Waals surface area (Å²) in [5.74, 6) is 0.434. The number of hydrogen-bond acceptors (Lipinski definition) is 5. The molecular weight excluding hydrogens is 274 g/mol. The SMILES string of the molecule is CC(C)[C@H](N)C1=NC(=O)C2SC(c3ccn[nH]3)=CC2=N1. The average molecular weight is 289 g/mol. The van der Waals surface area contributed by atoms with Gasteiger partial charge in [0.15, 0.2) is 0 Å². The first-order valence-corrected chi connectivity index (χ1v) is 7.29. The highest BCUT2D eigenvalue weighted by Gasteiger charge is 2.36. The van der Waals surface area contributed by atoms with Crippen molar-refractivity contribution in [3.8, 4) is 0 Å². The molecule has 0 bridgehead atoms. The van der Waals surface area contributed by atoms with Crippen LogP contribution in [0.15, 0.2) is 28.3 Å². The van der Waals surface area contributed by atoms with E-state index in [9.17, 15) is 4.79 Å². The molecule has 104 valence electrons. The van der Waals surface area contributed by atoms with E-state index in [4.69, 9.17) is 5.73 Å². The van der Waals surface area contributed by atoms with Gasteiger partial charge in [-0.2, -0.15) is 10.1 Å². The number of thioether (sulfide) groups is 1. The van der Waals surface area contributed by atoms with Crippen LogP contribution in [0.5, 0.6) is 0 Å². The van der Waals surface area contributed by atoms with Crippen LogP contribution in [-0.2, 0) is 4.79 Å². The minimum absolute atomic E-state index is 0.183. The van der Waals surface area contributed by atoms with Gasteiger partial charge >= 0.3 is 0 Å². The lowest BCUT2D eigenvalue weighted by Crippen LogP contribution is -2.39. The molecule has 7 heteroatoms. The van der Waals surface area contributed by atoms with Crippen LogP contribution in [0.25, 0.3) is 4.91 Å². The third-order valence-corrected chi connectivity index (χ3v) is 4.54. The summed E-state index contributed by atoms with van der Waals surface area (Å²) in [6.07, 6.45) is 3.58. The Morgan fingerprint density at radius 2 is 2.20 bits per heavy atom. The highest BCUT2D eigenvalue weighted by atomic mass is 32.2. The van der Waals surface area contributed by atoms with Crippen LogP contribution in [0.1, 0.15) is 19.5 Å². The molecule has 2 aliphatic heterocycles. The Bertz CT molecular complexity index is 629. The number of carbonyl (C=O) groups excluding carboxylic acids is 1. The molecule has 6 nitrogen and oxygen atoms in total. The van der Waals surface area contributed by atoms with Crippen molar-refractivity contribution in [2.45, 2.75) is 25.1 Å². The fraction of sp³-hybridized carbons (Fsp3) is 0.385. The summed E-state index contributed by atoms with van der Waals surface area (Å²) in [4.78, 5) is 21.6. The third-order valence-electron chi connectivity index (χ3n) is 3.27. The normalized spacial score (nSPS) is 23.3. The number of nitrogens with zero attached hydrogens (tertiary/aromatic N) is 3. The third kappa shape index (κ3) is 2.23. The molecular formula is C13H15N5OS. The number of nitrogens with two attached hydrogens (primary N) is 1. The highest BCUT2D eigenvalue weighted by molar-refractivity contribution is 8.10. The molecule has 1 aromatic rings. The number of amides is 1. The largest absolute Gasteiger partial charge is 0.321 e. The van der Waals surface area contributed by atoms with Crippen molar-refractivity contribution in [1.82, 2.24) is 10.2 Å². The van der Waals surface area contributed by atoms with Crippen molar-refractivity contribution >= 4 is 34.1 Å². The molecule has 3 heterocycles. The van der Waals surface area contributed by atoms with Gasteiger partial charge < -0.3 is 5.73 Å². The maximum absolute atomic E-state index is 12.1. The van der Waals surface area contributed by atoms with Crippen LogP contribution in [0.4, 0.5) is 0 Å². The minimum atomic E-state index is -0.351. The van der Waals surface area contributed by atoms with E-state index in [1.54, 1.807) is 6.20 Å². The van der Waals surface area contributed by atoms with E-state index in [0.717, 1.165) is 16.3 Å². The molecule has 0 radical (unpaired) electrons. The van der Waals surface area contributed by atoms with Gasteiger partial charge in [0.1, 0.15) is 11.1 Å². The minimum Gasteiger partial charge on any atom is -0.321 e. The molecule has 1 amide bonds. The monoisotopic (exact) mass is 289 g/mol. The topological polar surface area (TPSA) is 96.5 Å². The molecule has 20 heavy (non-hydrogen) atoms. The van der Waals surface area contributed by atoms with Crippen molar-refractivity contribution < 1.29 is 4.79 Å². The number of nitrogens with one attached hydrogen (secondary N) is 1. The lowest BCUT2D eigenvalue weighted by atomic mass is 10.0. The second kappa shape index (κ2) is 4.99. The van der Waals surface area contributed by atoms with Gasteiger partial charge in [-0.25, -0.2) is 4.99 Å². The van der Waals surface area contributed by atoms with E-state index in [1.807, 2.05) is 26.0 Å². The van der Waals surface area contributed by atoms with E-state index in [1.165, 1.54) is 11.8 Å². The molecule has 3 N–H and O–H groups in total. The summed E-state index contributed by atoms with van der Waals surface area (Å²) in [5, 5.41) is 6.45. The summed E-state index contributed by atoms with van der Waals surface area (Å²) in [7, 11) is 0. The number of hydrogen-bond donors (Lipinski definition) is 2. The maximum Gasteiger partial charge on any atom is 0.267 e. The fourth-order valence-electron chi connectivity index (χ4n) is 2.01. The molecule has 0 aliphatic carbocycles. The summed E-state index contributed by atoms with van der Waals surface area (Å²) < 4.78 is 0. The van der Waals surface area contributed by atoms with Crippen LogP contribution in [0.2, 0.25) is 0 Å². The zero-order chi connectivity index (χ0) is 14.3. The first-order valence-electron chi connectivity index (χ1n) is 6.41. The molecule has 2 aliphatic rings. The Hall–Kier alpha value is -1.73. The van der Waals surface area contributed by atoms with Crippen molar-refractivity contribution in [3.63, 3.8) is 0 Å². The van der Waals surface area contributed by atoms with Gasteiger partial charge in [0.2, 0.25) is 0 Å². The Morgan fingerprint density at radius 1 is 1.40 bits per heavy atom. The standard InChI is InChI=1S/C13H15N5OS/c1-6(2)10(14)12-16-8-5-9(7-3-4-15-18-7)20-11(8)13(19)17-12/h3-6,10-11H,14H2,1-2H3,(H,15,18)/t10-,11?/m0/s1. The van der Waals surface area contributed by atoms with Crippen LogP contribution in [0.3, 0.4) is 0 Å². The van der Waals surface area contributed by atoms with Gasteiger partial charge in [0.25, 0.3) is 5.91 Å². The average Bonchev–Trinajstić information content (AvgIpc) is 3.05. The van der Waals surface area contributed by atoms with Crippen molar-refractivity contribution in [3.05, 3.63) is 24.0 Å². The number of H-pyrrole nitrogens is 1. The van der Waals surface area contributed by atoms with Gasteiger partial charge in [-0.05, 0) is 18.1 Å². The van der Waals surface area contributed by atoms with E-state index >= 15 is 0 Å². The second-order valence-electron chi connectivity index (χ2n) is 5.09. The molecule has 0 spiro atoms. The number of aromatic amines is 1. The zero-order valence-electron chi connectivity index (χ0n) is 11.2.